The van der Waals surface area contributed by atoms with Crippen molar-refractivity contribution in [3.63, 3.8) is 0 Å². The zero-order valence-electron chi connectivity index (χ0n) is 13.4. The molecule has 0 bridgehead atoms. The van der Waals surface area contributed by atoms with Crippen LogP contribution < -0.4 is 5.32 Å². The number of hydrogen-bond acceptors (Lipinski definition) is 3. The molecule has 1 amide bonds. The Hall–Kier alpha value is -1.26. The molecule has 0 aliphatic carbocycles. The van der Waals surface area contributed by atoms with Crippen molar-refractivity contribution in [1.29, 1.82) is 0 Å². The number of carbonyl (C=O) groups is 2. The van der Waals surface area contributed by atoms with Crippen molar-refractivity contribution in [3.05, 3.63) is 0 Å². The fourth-order valence-corrected chi connectivity index (χ4v) is 2.08. The van der Waals surface area contributed by atoms with Gasteiger partial charge in [-0.15, -0.1) is 0 Å². The van der Waals surface area contributed by atoms with Crippen LogP contribution in [-0.4, -0.2) is 28.8 Å². The lowest BCUT2D eigenvalue weighted by atomic mass is 9.91. The Morgan fingerprint density at radius 3 is 2.20 bits per heavy atom. The summed E-state index contributed by atoms with van der Waals surface area (Å²) in [4.78, 5) is 23.1. The smallest absolute Gasteiger partial charge is 0.408 e. The van der Waals surface area contributed by atoms with Gasteiger partial charge in [-0.2, -0.15) is 0 Å². The van der Waals surface area contributed by atoms with E-state index in [1.807, 2.05) is 6.92 Å². The number of amides is 1. The minimum Gasteiger partial charge on any atom is -0.480 e. The molecule has 0 rings (SSSR count). The molecule has 0 unspecified atom stereocenters. The number of rotatable bonds is 8. The molecule has 0 spiro atoms. The van der Waals surface area contributed by atoms with Crippen molar-refractivity contribution in [2.75, 3.05) is 0 Å². The van der Waals surface area contributed by atoms with E-state index < -0.39 is 23.7 Å². The average Bonchev–Trinajstić information content (AvgIpc) is 2.30. The molecule has 118 valence electrons. The number of alkyl carbamates (subject to hydrolysis) is 1. The molecule has 20 heavy (non-hydrogen) atoms. The second kappa shape index (κ2) is 8.82. The number of carboxylic acids is 1. The first-order chi connectivity index (χ1) is 9.21. The molecule has 0 aliphatic heterocycles. The van der Waals surface area contributed by atoms with Crippen LogP contribution in [-0.2, 0) is 9.53 Å². The van der Waals surface area contributed by atoms with Crippen molar-refractivity contribution >= 4 is 12.1 Å². The van der Waals surface area contributed by atoms with Crippen molar-refractivity contribution in [2.45, 2.75) is 78.4 Å². The van der Waals surface area contributed by atoms with Gasteiger partial charge >= 0.3 is 12.1 Å². The Labute approximate surface area is 122 Å². The van der Waals surface area contributed by atoms with E-state index in [0.29, 0.717) is 0 Å². The molecule has 0 heterocycles. The lowest BCUT2D eigenvalue weighted by Gasteiger charge is -2.26. The van der Waals surface area contributed by atoms with Crippen LogP contribution >= 0.6 is 0 Å². The van der Waals surface area contributed by atoms with Crippen LogP contribution in [0.2, 0.25) is 0 Å². The van der Waals surface area contributed by atoms with Gasteiger partial charge in [0.25, 0.3) is 0 Å². The van der Waals surface area contributed by atoms with Crippen molar-refractivity contribution < 1.29 is 19.4 Å². The summed E-state index contributed by atoms with van der Waals surface area (Å²) >= 11 is 0. The van der Waals surface area contributed by atoms with E-state index in [0.717, 1.165) is 32.1 Å². The molecule has 0 saturated heterocycles. The molecule has 0 fully saturated rings. The lowest BCUT2D eigenvalue weighted by Crippen LogP contribution is -2.47. The molecule has 0 aromatic rings. The van der Waals surface area contributed by atoms with Gasteiger partial charge in [-0.25, -0.2) is 9.59 Å². The topological polar surface area (TPSA) is 75.6 Å². The van der Waals surface area contributed by atoms with E-state index in [-0.39, 0.29) is 5.92 Å². The third-order valence-corrected chi connectivity index (χ3v) is 3.11. The predicted octanol–water partition coefficient (Wildman–Crippen LogP) is 3.57. The standard InChI is InChI=1S/C15H29NO4/c1-6-8-9-10-11(7-2)12(13(17)18)16-14(19)20-15(3,4)5/h11-12H,6-10H2,1-5H3,(H,16,19)(H,17,18)/t11-,12+/m1/s1. The zero-order chi connectivity index (χ0) is 15.8. The molecule has 0 aromatic heterocycles. The monoisotopic (exact) mass is 287 g/mol. The number of carboxylic acid groups (broad SMARTS) is 1. The maximum Gasteiger partial charge on any atom is 0.408 e. The molecule has 0 aromatic carbocycles. The van der Waals surface area contributed by atoms with Gasteiger partial charge in [-0.3, -0.25) is 0 Å². The highest BCUT2D eigenvalue weighted by Crippen LogP contribution is 2.19. The molecule has 5 nitrogen and oxygen atoms in total. The predicted molar refractivity (Wildman–Crippen MR) is 78.7 cm³/mol. The fourth-order valence-electron chi connectivity index (χ4n) is 2.08. The first-order valence-electron chi connectivity index (χ1n) is 7.43. The number of unbranched alkanes of at least 4 members (excludes halogenated alkanes) is 2. The van der Waals surface area contributed by atoms with E-state index >= 15 is 0 Å². The first kappa shape index (κ1) is 18.7. The van der Waals surface area contributed by atoms with Gasteiger partial charge in [-0.1, -0.05) is 39.5 Å². The van der Waals surface area contributed by atoms with Crippen LogP contribution in [0.5, 0.6) is 0 Å². The highest BCUT2D eigenvalue weighted by Gasteiger charge is 2.29. The van der Waals surface area contributed by atoms with Gasteiger partial charge in [0.05, 0.1) is 0 Å². The van der Waals surface area contributed by atoms with E-state index in [4.69, 9.17) is 4.74 Å². The number of carbonyl (C=O) groups excluding carboxylic acids is 1. The molecule has 0 aliphatic rings. The van der Waals surface area contributed by atoms with Gasteiger partial charge in [0, 0.05) is 0 Å². The summed E-state index contributed by atoms with van der Waals surface area (Å²) in [5.41, 5.74) is -0.628. The van der Waals surface area contributed by atoms with Crippen molar-refractivity contribution in [2.24, 2.45) is 5.92 Å². The SMILES string of the molecule is CCCCC[C@@H](CC)[C@H](NC(=O)OC(C)(C)C)C(=O)O. The van der Waals surface area contributed by atoms with E-state index in [9.17, 15) is 14.7 Å². The van der Waals surface area contributed by atoms with Gasteiger partial charge in [-0.05, 0) is 33.1 Å². The van der Waals surface area contributed by atoms with Gasteiger partial charge < -0.3 is 15.2 Å². The van der Waals surface area contributed by atoms with Crippen LogP contribution in [0.1, 0.15) is 66.7 Å². The maximum atomic E-state index is 11.7. The highest BCUT2D eigenvalue weighted by molar-refractivity contribution is 5.80. The molecule has 0 saturated carbocycles. The highest BCUT2D eigenvalue weighted by atomic mass is 16.6. The van der Waals surface area contributed by atoms with Crippen molar-refractivity contribution in [1.82, 2.24) is 5.32 Å². The summed E-state index contributed by atoms with van der Waals surface area (Å²) < 4.78 is 5.13. The molecule has 2 N–H and O–H groups in total. The third-order valence-electron chi connectivity index (χ3n) is 3.11. The Morgan fingerprint density at radius 1 is 1.20 bits per heavy atom. The minimum absolute atomic E-state index is 0.0634. The lowest BCUT2D eigenvalue weighted by molar-refractivity contribution is -0.141. The second-order valence-corrected chi connectivity index (χ2v) is 6.13. The van der Waals surface area contributed by atoms with Crippen LogP contribution in [0.4, 0.5) is 4.79 Å². The summed E-state index contributed by atoms with van der Waals surface area (Å²) in [6.07, 6.45) is 4.00. The van der Waals surface area contributed by atoms with Crippen LogP contribution in [0, 0.1) is 5.92 Å². The van der Waals surface area contributed by atoms with Crippen LogP contribution in [0.15, 0.2) is 0 Å². The van der Waals surface area contributed by atoms with Crippen LogP contribution in [0.3, 0.4) is 0 Å². The minimum atomic E-state index is -1.00. The molecule has 5 heteroatoms. The molecular weight excluding hydrogens is 258 g/mol. The Morgan fingerprint density at radius 2 is 1.80 bits per heavy atom. The van der Waals surface area contributed by atoms with Gasteiger partial charge in [0.15, 0.2) is 0 Å². The Bertz CT molecular complexity index is 309. The summed E-state index contributed by atoms with van der Waals surface area (Å²) in [5, 5.41) is 11.8. The van der Waals surface area contributed by atoms with E-state index in [1.54, 1.807) is 20.8 Å². The zero-order valence-corrected chi connectivity index (χ0v) is 13.4. The van der Waals surface area contributed by atoms with Gasteiger partial charge in [0.2, 0.25) is 0 Å². The Balaban J connectivity index is 4.60. The quantitative estimate of drug-likeness (QED) is 0.669. The maximum absolute atomic E-state index is 11.7. The summed E-state index contributed by atoms with van der Waals surface area (Å²) in [6.45, 7) is 9.31. The molecule has 2 atom stereocenters. The third kappa shape index (κ3) is 8.02. The average molecular weight is 287 g/mol. The normalized spacial score (nSPS) is 14.4. The number of ether oxygens (including phenoxy) is 1. The summed E-state index contributed by atoms with van der Waals surface area (Å²) in [5.74, 6) is -1.06. The number of nitrogens with one attached hydrogen (secondary N) is 1. The number of hydrogen-bond donors (Lipinski definition) is 2. The van der Waals surface area contributed by atoms with Gasteiger partial charge in [0.1, 0.15) is 11.6 Å². The molecular formula is C15H29NO4. The largest absolute Gasteiger partial charge is 0.480 e. The van der Waals surface area contributed by atoms with Crippen molar-refractivity contribution in [3.8, 4) is 0 Å². The Kier molecular flexibility index (Phi) is 8.26. The van der Waals surface area contributed by atoms with Crippen LogP contribution in [0.25, 0.3) is 0 Å². The molecule has 0 radical (unpaired) electrons. The second-order valence-electron chi connectivity index (χ2n) is 6.13. The summed E-state index contributed by atoms with van der Waals surface area (Å²) in [6, 6.07) is -0.883. The van der Waals surface area contributed by atoms with E-state index in [1.165, 1.54) is 0 Å². The fraction of sp³-hybridized carbons (Fsp3) is 0.867. The summed E-state index contributed by atoms with van der Waals surface area (Å²) in [7, 11) is 0. The van der Waals surface area contributed by atoms with E-state index in [2.05, 4.69) is 12.2 Å². The number of aliphatic carboxylic acids is 1. The first-order valence-corrected chi connectivity index (χ1v) is 7.43.